The Morgan fingerprint density at radius 3 is 2.60 bits per heavy atom. The predicted molar refractivity (Wildman–Crippen MR) is 43.5 cm³/mol. The van der Waals surface area contributed by atoms with Gasteiger partial charge in [0.05, 0.1) is 11.1 Å². The van der Waals surface area contributed by atoms with E-state index in [1.54, 1.807) is 6.07 Å². The van der Waals surface area contributed by atoms with Gasteiger partial charge in [-0.2, -0.15) is 0 Å². The number of halogens is 2. The molecule has 0 aliphatic rings. The summed E-state index contributed by atoms with van der Waals surface area (Å²) < 4.78 is 0. The van der Waals surface area contributed by atoms with Crippen LogP contribution in [-0.4, -0.2) is 4.98 Å². The van der Waals surface area contributed by atoms with Gasteiger partial charge in [0.15, 0.2) is 0 Å². The number of rotatable bonds is 1. The number of alkyl halides is 1. The first-order valence-electron chi connectivity index (χ1n) is 2.96. The van der Waals surface area contributed by atoms with Gasteiger partial charge in [-0.1, -0.05) is 17.7 Å². The summed E-state index contributed by atoms with van der Waals surface area (Å²) in [6.07, 6.45) is 0. The molecule has 1 atom stereocenters. The van der Waals surface area contributed by atoms with E-state index in [1.165, 1.54) is 0 Å². The summed E-state index contributed by atoms with van der Waals surface area (Å²) in [5.41, 5.74) is 0.814. The second kappa shape index (κ2) is 3.22. The van der Waals surface area contributed by atoms with E-state index in [4.69, 9.17) is 23.2 Å². The van der Waals surface area contributed by atoms with Gasteiger partial charge in [-0.15, -0.1) is 11.6 Å². The van der Waals surface area contributed by atoms with Crippen LogP contribution < -0.4 is 0 Å². The fraction of sp³-hybridized carbons (Fsp3) is 0.286. The minimum Gasteiger partial charge on any atom is -0.240 e. The first kappa shape index (κ1) is 7.83. The smallest absolute Gasteiger partial charge is 0.129 e. The molecule has 0 amide bonds. The Bertz CT molecular complexity index is 223. The third-order valence-electron chi connectivity index (χ3n) is 1.14. The molecule has 0 radical (unpaired) electrons. The zero-order valence-electron chi connectivity index (χ0n) is 5.51. The van der Waals surface area contributed by atoms with Crippen molar-refractivity contribution in [2.75, 3.05) is 0 Å². The third kappa shape index (κ3) is 1.86. The number of aromatic nitrogens is 1. The van der Waals surface area contributed by atoms with E-state index in [2.05, 4.69) is 4.98 Å². The maximum absolute atomic E-state index is 5.75. The normalized spacial score (nSPS) is 13.1. The van der Waals surface area contributed by atoms with Crippen LogP contribution in [0.1, 0.15) is 18.0 Å². The molecule has 0 aliphatic carbocycles. The minimum atomic E-state index is -0.0706. The van der Waals surface area contributed by atoms with Crippen molar-refractivity contribution >= 4 is 23.2 Å². The molecule has 1 unspecified atom stereocenters. The summed E-state index contributed by atoms with van der Waals surface area (Å²) in [5.74, 6) is 0. The number of hydrogen-bond donors (Lipinski definition) is 0. The van der Waals surface area contributed by atoms with Crippen molar-refractivity contribution in [3.05, 3.63) is 29.0 Å². The highest BCUT2D eigenvalue weighted by molar-refractivity contribution is 6.29. The summed E-state index contributed by atoms with van der Waals surface area (Å²) in [7, 11) is 0. The zero-order chi connectivity index (χ0) is 7.56. The van der Waals surface area contributed by atoms with Crippen LogP contribution in [0.4, 0.5) is 0 Å². The highest BCUT2D eigenvalue weighted by atomic mass is 35.5. The lowest BCUT2D eigenvalue weighted by molar-refractivity contribution is 0.996. The van der Waals surface area contributed by atoms with Crippen LogP contribution in [0.25, 0.3) is 0 Å². The second-order valence-corrected chi connectivity index (χ2v) is 3.04. The quantitative estimate of drug-likeness (QED) is 0.473. The fourth-order valence-electron chi connectivity index (χ4n) is 0.646. The van der Waals surface area contributed by atoms with Gasteiger partial charge in [0.2, 0.25) is 0 Å². The Hall–Kier alpha value is -0.270. The molecule has 0 N–H and O–H groups in total. The summed E-state index contributed by atoms with van der Waals surface area (Å²) in [5, 5.41) is 0.420. The largest absolute Gasteiger partial charge is 0.240 e. The van der Waals surface area contributed by atoms with Gasteiger partial charge in [-0.05, 0) is 19.1 Å². The Morgan fingerprint density at radius 1 is 1.50 bits per heavy atom. The Balaban J connectivity index is 2.96. The third-order valence-corrected chi connectivity index (χ3v) is 1.58. The molecular formula is C7H7Cl2N. The van der Waals surface area contributed by atoms with Gasteiger partial charge in [0.25, 0.3) is 0 Å². The lowest BCUT2D eigenvalue weighted by atomic mass is 10.3. The molecule has 0 spiro atoms. The first-order valence-corrected chi connectivity index (χ1v) is 3.78. The van der Waals surface area contributed by atoms with Crippen molar-refractivity contribution in [2.45, 2.75) is 12.3 Å². The van der Waals surface area contributed by atoms with Gasteiger partial charge in [-0.25, -0.2) is 4.98 Å². The van der Waals surface area contributed by atoms with E-state index < -0.39 is 0 Å². The molecule has 10 heavy (non-hydrogen) atoms. The molecular weight excluding hydrogens is 169 g/mol. The van der Waals surface area contributed by atoms with E-state index in [0.29, 0.717) is 5.15 Å². The minimum absolute atomic E-state index is 0.0706. The molecule has 54 valence electrons. The van der Waals surface area contributed by atoms with Crippen LogP contribution in [0, 0.1) is 0 Å². The van der Waals surface area contributed by atoms with E-state index in [-0.39, 0.29) is 5.38 Å². The highest BCUT2D eigenvalue weighted by Crippen LogP contribution is 2.17. The molecule has 0 fully saturated rings. The molecule has 1 nitrogen and oxygen atoms in total. The fourth-order valence-corrected chi connectivity index (χ4v) is 0.937. The Labute approximate surface area is 70.0 Å². The molecule has 1 aromatic heterocycles. The number of pyridine rings is 1. The van der Waals surface area contributed by atoms with Gasteiger partial charge in [0.1, 0.15) is 5.15 Å². The van der Waals surface area contributed by atoms with Crippen molar-refractivity contribution in [2.24, 2.45) is 0 Å². The summed E-state index contributed by atoms with van der Waals surface area (Å²) >= 11 is 11.4. The van der Waals surface area contributed by atoms with Crippen molar-refractivity contribution < 1.29 is 0 Å². The maximum atomic E-state index is 5.75. The van der Waals surface area contributed by atoms with Gasteiger partial charge < -0.3 is 0 Å². The van der Waals surface area contributed by atoms with Gasteiger partial charge in [0, 0.05) is 0 Å². The van der Waals surface area contributed by atoms with Crippen LogP contribution >= 0.6 is 23.2 Å². The average molecular weight is 176 g/mol. The lowest BCUT2D eigenvalue weighted by Crippen LogP contribution is -1.88. The van der Waals surface area contributed by atoms with E-state index >= 15 is 0 Å². The van der Waals surface area contributed by atoms with Crippen LogP contribution in [0.5, 0.6) is 0 Å². The van der Waals surface area contributed by atoms with E-state index in [1.807, 2.05) is 19.1 Å². The summed E-state index contributed by atoms with van der Waals surface area (Å²) in [6, 6.07) is 5.41. The molecule has 0 saturated carbocycles. The molecule has 1 heterocycles. The number of hydrogen-bond acceptors (Lipinski definition) is 1. The van der Waals surface area contributed by atoms with E-state index in [0.717, 1.165) is 5.69 Å². The molecule has 0 aromatic carbocycles. The van der Waals surface area contributed by atoms with Crippen LogP contribution in [-0.2, 0) is 0 Å². The zero-order valence-corrected chi connectivity index (χ0v) is 7.02. The molecule has 3 heteroatoms. The van der Waals surface area contributed by atoms with Crippen molar-refractivity contribution in [3.63, 3.8) is 0 Å². The summed E-state index contributed by atoms with van der Waals surface area (Å²) in [4.78, 5) is 4.01. The van der Waals surface area contributed by atoms with Crippen molar-refractivity contribution in [3.8, 4) is 0 Å². The lowest BCUT2D eigenvalue weighted by Gasteiger charge is -2.00. The SMILES string of the molecule is CC(Cl)c1cccc(Cl)n1. The van der Waals surface area contributed by atoms with Crippen LogP contribution in [0.2, 0.25) is 5.15 Å². The van der Waals surface area contributed by atoms with E-state index in [9.17, 15) is 0 Å². The van der Waals surface area contributed by atoms with Crippen LogP contribution in [0.15, 0.2) is 18.2 Å². The summed E-state index contributed by atoms with van der Waals surface area (Å²) in [6.45, 7) is 1.86. The Kier molecular flexibility index (Phi) is 2.52. The van der Waals surface area contributed by atoms with Gasteiger partial charge >= 0.3 is 0 Å². The molecule has 1 rings (SSSR count). The average Bonchev–Trinajstić information content (AvgIpc) is 1.88. The molecule has 0 saturated heterocycles. The predicted octanol–water partition coefficient (Wildman–Crippen LogP) is 3.03. The highest BCUT2D eigenvalue weighted by Gasteiger charge is 2.01. The maximum Gasteiger partial charge on any atom is 0.129 e. The van der Waals surface area contributed by atoms with Crippen LogP contribution in [0.3, 0.4) is 0 Å². The molecule has 0 aliphatic heterocycles. The number of nitrogens with zero attached hydrogens (tertiary/aromatic N) is 1. The first-order chi connectivity index (χ1) is 4.70. The van der Waals surface area contributed by atoms with Crippen molar-refractivity contribution in [1.29, 1.82) is 0 Å². The second-order valence-electron chi connectivity index (χ2n) is 2.00. The monoisotopic (exact) mass is 175 g/mol. The van der Waals surface area contributed by atoms with Crippen molar-refractivity contribution in [1.82, 2.24) is 4.98 Å². The topological polar surface area (TPSA) is 12.9 Å². The molecule has 1 aromatic rings. The Morgan fingerprint density at radius 2 is 2.20 bits per heavy atom. The molecule has 0 bridgehead atoms. The van der Waals surface area contributed by atoms with Gasteiger partial charge in [-0.3, -0.25) is 0 Å². The standard InChI is InChI=1S/C7H7Cl2N/c1-5(8)6-3-2-4-7(9)10-6/h2-5H,1H3.